The maximum absolute atomic E-state index is 12.3. The van der Waals surface area contributed by atoms with Crippen LogP contribution >= 0.6 is 0 Å². The minimum absolute atomic E-state index is 0.0370. The van der Waals surface area contributed by atoms with Crippen molar-refractivity contribution in [3.8, 4) is 0 Å². The molecule has 3 aromatic rings. The molecule has 26 heavy (non-hydrogen) atoms. The van der Waals surface area contributed by atoms with Crippen LogP contribution in [-0.2, 0) is 21.4 Å². The highest BCUT2D eigenvalue weighted by Gasteiger charge is 2.13. The molecule has 1 unspecified atom stereocenters. The molecule has 3 rings (SSSR count). The van der Waals surface area contributed by atoms with Crippen molar-refractivity contribution in [2.75, 3.05) is 0 Å². The Bertz CT molecular complexity index is 1040. The highest BCUT2D eigenvalue weighted by molar-refractivity contribution is 7.89. The number of rotatable bonds is 6. The largest absolute Gasteiger partial charge is 0.350 e. The lowest BCUT2D eigenvalue weighted by molar-refractivity contribution is -0.121. The van der Waals surface area contributed by atoms with Crippen molar-refractivity contribution in [2.24, 2.45) is 5.14 Å². The van der Waals surface area contributed by atoms with Gasteiger partial charge in [-0.25, -0.2) is 13.6 Å². The number of primary sulfonamides is 1. The van der Waals surface area contributed by atoms with E-state index < -0.39 is 10.0 Å². The van der Waals surface area contributed by atoms with Crippen molar-refractivity contribution < 1.29 is 13.2 Å². The second-order valence-corrected chi connectivity index (χ2v) is 7.79. The fraction of sp³-hybridized carbons (Fsp3) is 0.211. The number of sulfonamides is 1. The van der Waals surface area contributed by atoms with Gasteiger partial charge in [-0.05, 0) is 42.1 Å². The summed E-state index contributed by atoms with van der Waals surface area (Å²) in [4.78, 5) is 12.3. The number of para-hydroxylation sites is 1. The van der Waals surface area contributed by atoms with Gasteiger partial charge in [-0.2, -0.15) is 0 Å². The number of aryl methyl sites for hydroxylation is 1. The molecule has 1 heterocycles. The lowest BCUT2D eigenvalue weighted by Gasteiger charge is -2.15. The molecule has 2 aromatic carbocycles. The number of nitrogens with zero attached hydrogens (tertiary/aromatic N) is 1. The number of hydrogen-bond acceptors (Lipinski definition) is 3. The third-order valence-corrected chi connectivity index (χ3v) is 5.24. The van der Waals surface area contributed by atoms with Gasteiger partial charge < -0.3 is 9.88 Å². The first-order chi connectivity index (χ1) is 12.3. The van der Waals surface area contributed by atoms with Crippen molar-refractivity contribution in [1.82, 2.24) is 9.88 Å². The van der Waals surface area contributed by atoms with E-state index in [1.165, 1.54) is 12.1 Å². The van der Waals surface area contributed by atoms with Crippen LogP contribution in [0.2, 0.25) is 0 Å². The van der Waals surface area contributed by atoms with E-state index in [-0.39, 0.29) is 16.8 Å². The monoisotopic (exact) mass is 371 g/mol. The smallest absolute Gasteiger partial charge is 0.238 e. The summed E-state index contributed by atoms with van der Waals surface area (Å²) in [6, 6.07) is 16.0. The van der Waals surface area contributed by atoms with E-state index >= 15 is 0 Å². The first-order valence-corrected chi connectivity index (χ1v) is 9.85. The number of amides is 1. The minimum atomic E-state index is -3.76. The molecule has 7 heteroatoms. The maximum Gasteiger partial charge on any atom is 0.238 e. The molecule has 0 bridgehead atoms. The van der Waals surface area contributed by atoms with Gasteiger partial charge in [0.25, 0.3) is 0 Å². The highest BCUT2D eigenvalue weighted by atomic mass is 32.2. The molecule has 1 amide bonds. The molecule has 1 atom stereocenters. The number of hydrogen-bond donors (Lipinski definition) is 2. The number of nitrogens with one attached hydrogen (secondary N) is 1. The normalized spacial score (nSPS) is 12.8. The van der Waals surface area contributed by atoms with Crippen LogP contribution in [0.5, 0.6) is 0 Å². The molecule has 3 N–H and O–H groups in total. The number of nitrogens with two attached hydrogens (primary N) is 1. The molecule has 0 radical (unpaired) electrons. The lowest BCUT2D eigenvalue weighted by atomic mass is 10.1. The Balaban J connectivity index is 1.63. The average Bonchev–Trinajstić information content (AvgIpc) is 3.02. The fourth-order valence-corrected chi connectivity index (χ4v) is 3.48. The van der Waals surface area contributed by atoms with Gasteiger partial charge in [0, 0.05) is 24.7 Å². The standard InChI is InChI=1S/C19H21N3O3S/c1-14(16-6-4-7-17(13-16)26(20,24)25)21-19(23)10-12-22-11-9-15-5-2-3-8-18(15)22/h2-9,11,13-14H,10,12H2,1H3,(H,21,23)(H2,20,24,25). The van der Waals surface area contributed by atoms with E-state index in [1.54, 1.807) is 12.1 Å². The van der Waals surface area contributed by atoms with Crippen LogP contribution in [0.3, 0.4) is 0 Å². The van der Waals surface area contributed by atoms with E-state index in [0.717, 1.165) is 10.9 Å². The van der Waals surface area contributed by atoms with Crippen molar-refractivity contribution in [3.05, 3.63) is 66.4 Å². The predicted molar refractivity (Wildman–Crippen MR) is 101 cm³/mol. The molecule has 0 saturated heterocycles. The van der Waals surface area contributed by atoms with E-state index in [9.17, 15) is 13.2 Å². The van der Waals surface area contributed by atoms with Gasteiger partial charge in [-0.15, -0.1) is 0 Å². The van der Waals surface area contributed by atoms with Crippen molar-refractivity contribution in [2.45, 2.75) is 30.8 Å². The molecular formula is C19H21N3O3S. The van der Waals surface area contributed by atoms with Crippen LogP contribution in [0, 0.1) is 0 Å². The fourth-order valence-electron chi connectivity index (χ4n) is 2.92. The van der Waals surface area contributed by atoms with Crippen LogP contribution in [0.25, 0.3) is 10.9 Å². The molecule has 0 fully saturated rings. The van der Waals surface area contributed by atoms with E-state index in [2.05, 4.69) is 5.32 Å². The lowest BCUT2D eigenvalue weighted by Crippen LogP contribution is -2.27. The van der Waals surface area contributed by atoms with Crippen LogP contribution in [0.4, 0.5) is 0 Å². The summed E-state index contributed by atoms with van der Waals surface area (Å²) in [6.45, 7) is 2.38. The third kappa shape index (κ3) is 4.12. The molecule has 0 aliphatic rings. The van der Waals surface area contributed by atoms with Crippen molar-refractivity contribution >= 4 is 26.8 Å². The third-order valence-electron chi connectivity index (χ3n) is 4.32. The summed E-state index contributed by atoms with van der Waals surface area (Å²) in [5.74, 6) is -0.101. The Labute approximate surface area is 152 Å². The Hall–Kier alpha value is -2.64. The number of aromatic nitrogens is 1. The molecule has 6 nitrogen and oxygen atoms in total. The van der Waals surface area contributed by atoms with Gasteiger partial charge in [0.15, 0.2) is 0 Å². The zero-order chi connectivity index (χ0) is 18.7. The Kier molecular flexibility index (Phi) is 5.11. The summed E-state index contributed by atoms with van der Waals surface area (Å²) >= 11 is 0. The molecular weight excluding hydrogens is 350 g/mol. The van der Waals surface area contributed by atoms with E-state index in [4.69, 9.17) is 5.14 Å². The number of carbonyl (C=O) groups excluding carboxylic acids is 1. The highest BCUT2D eigenvalue weighted by Crippen LogP contribution is 2.18. The van der Waals surface area contributed by atoms with Gasteiger partial charge in [0.1, 0.15) is 0 Å². The van der Waals surface area contributed by atoms with E-state index in [1.807, 2.05) is 48.0 Å². The molecule has 136 valence electrons. The van der Waals surface area contributed by atoms with Gasteiger partial charge >= 0.3 is 0 Å². The SMILES string of the molecule is CC(NC(=O)CCn1ccc2ccccc21)c1cccc(S(N)(=O)=O)c1. The molecule has 0 aliphatic carbocycles. The quantitative estimate of drug-likeness (QED) is 0.697. The Morgan fingerprint density at radius 3 is 2.69 bits per heavy atom. The van der Waals surface area contributed by atoms with Crippen LogP contribution < -0.4 is 10.5 Å². The average molecular weight is 371 g/mol. The second-order valence-electron chi connectivity index (χ2n) is 6.22. The maximum atomic E-state index is 12.3. The Morgan fingerprint density at radius 1 is 1.15 bits per heavy atom. The van der Waals surface area contributed by atoms with E-state index in [0.29, 0.717) is 18.5 Å². The first-order valence-electron chi connectivity index (χ1n) is 8.30. The summed E-state index contributed by atoms with van der Waals surface area (Å²) in [7, 11) is -3.76. The minimum Gasteiger partial charge on any atom is -0.350 e. The van der Waals surface area contributed by atoms with Gasteiger partial charge in [-0.1, -0.05) is 30.3 Å². The zero-order valence-electron chi connectivity index (χ0n) is 14.4. The van der Waals surface area contributed by atoms with Crippen molar-refractivity contribution in [3.63, 3.8) is 0 Å². The summed E-state index contributed by atoms with van der Waals surface area (Å²) in [5.41, 5.74) is 1.78. The molecule has 0 saturated carbocycles. The topological polar surface area (TPSA) is 94.2 Å². The van der Waals surface area contributed by atoms with Crippen molar-refractivity contribution in [1.29, 1.82) is 0 Å². The Morgan fingerprint density at radius 2 is 1.92 bits per heavy atom. The van der Waals surface area contributed by atoms with Gasteiger partial charge in [-0.3, -0.25) is 4.79 Å². The number of benzene rings is 2. The molecule has 0 spiro atoms. The number of carbonyl (C=O) groups is 1. The second kappa shape index (κ2) is 7.31. The van der Waals surface area contributed by atoms with Gasteiger partial charge in [0.2, 0.25) is 15.9 Å². The van der Waals surface area contributed by atoms with Crippen LogP contribution in [0.1, 0.15) is 24.9 Å². The van der Waals surface area contributed by atoms with Crippen LogP contribution in [0.15, 0.2) is 65.7 Å². The summed E-state index contributed by atoms with van der Waals surface area (Å²) < 4.78 is 25.0. The van der Waals surface area contributed by atoms with Crippen LogP contribution in [-0.4, -0.2) is 18.9 Å². The molecule has 1 aromatic heterocycles. The molecule has 0 aliphatic heterocycles. The van der Waals surface area contributed by atoms with Gasteiger partial charge in [0.05, 0.1) is 10.9 Å². The zero-order valence-corrected chi connectivity index (χ0v) is 15.2. The first kappa shape index (κ1) is 18.2. The number of fused-ring (bicyclic) bond motifs is 1. The summed E-state index contributed by atoms with van der Waals surface area (Å²) in [5, 5.41) is 9.19. The summed E-state index contributed by atoms with van der Waals surface area (Å²) in [6.07, 6.45) is 2.30. The predicted octanol–water partition coefficient (Wildman–Crippen LogP) is 2.56.